The van der Waals surface area contributed by atoms with Crippen LogP contribution in [0.3, 0.4) is 0 Å². The number of hydrogen-bond acceptors (Lipinski definition) is 8. The number of rotatable bonds is 8. The number of esters is 1. The molecule has 9 nitrogen and oxygen atoms in total. The molecule has 0 saturated heterocycles. The van der Waals surface area contributed by atoms with E-state index in [1.807, 2.05) is 19.9 Å². The highest BCUT2D eigenvalue weighted by atomic mass is 79.9. The Bertz CT molecular complexity index is 1520. The van der Waals surface area contributed by atoms with Crippen LogP contribution in [-0.4, -0.2) is 32.0 Å². The summed E-state index contributed by atoms with van der Waals surface area (Å²) in [5, 5.41) is 22.6. The van der Waals surface area contributed by atoms with Crippen LogP contribution in [0.25, 0.3) is 11.0 Å². The van der Waals surface area contributed by atoms with Gasteiger partial charge in [0.1, 0.15) is 11.8 Å². The Balaban J connectivity index is 1.63. The Morgan fingerprint density at radius 3 is 2.81 bits per heavy atom. The van der Waals surface area contributed by atoms with Gasteiger partial charge in [0.05, 0.1) is 28.0 Å². The van der Waals surface area contributed by atoms with E-state index in [2.05, 4.69) is 31.2 Å². The van der Waals surface area contributed by atoms with Gasteiger partial charge in [-0.3, -0.25) is 4.79 Å². The molecular weight excluding hydrogens is 567 g/mol. The van der Waals surface area contributed by atoms with Crippen molar-refractivity contribution in [2.75, 3.05) is 0 Å². The second kappa shape index (κ2) is 11.2. The maximum Gasteiger partial charge on any atom is 0.324 e. The van der Waals surface area contributed by atoms with Crippen molar-refractivity contribution in [3.8, 4) is 17.6 Å². The predicted molar refractivity (Wildman–Crippen MR) is 137 cm³/mol. The van der Waals surface area contributed by atoms with Crippen LogP contribution in [0, 0.1) is 23.1 Å². The van der Waals surface area contributed by atoms with Crippen molar-refractivity contribution in [3.05, 3.63) is 74.7 Å². The first-order valence-electron chi connectivity index (χ1n) is 11.1. The van der Waals surface area contributed by atoms with Crippen LogP contribution in [0.4, 0.5) is 4.39 Å². The molecule has 0 bridgehead atoms. The Labute approximate surface area is 225 Å². The lowest BCUT2D eigenvalue weighted by atomic mass is 10.1. The number of halogens is 3. The summed E-state index contributed by atoms with van der Waals surface area (Å²) in [7, 11) is 0. The molecule has 0 amide bonds. The second-order valence-corrected chi connectivity index (χ2v) is 9.78. The molecule has 0 aliphatic carbocycles. The summed E-state index contributed by atoms with van der Waals surface area (Å²) < 4.78 is 28.4. The summed E-state index contributed by atoms with van der Waals surface area (Å²) in [4.78, 5) is 12.2. The number of hydrogen-bond donors (Lipinski definition) is 1. The predicted octanol–water partition coefficient (Wildman–Crippen LogP) is 5.12. The first-order valence-corrected chi connectivity index (χ1v) is 12.3. The average Bonchev–Trinajstić information content (AvgIpc) is 3.23. The lowest BCUT2D eigenvalue weighted by Gasteiger charge is -2.14. The molecule has 0 aliphatic heterocycles. The van der Waals surface area contributed by atoms with E-state index >= 15 is 4.39 Å². The minimum atomic E-state index is -0.772. The molecule has 190 valence electrons. The molecule has 0 fully saturated rings. The summed E-state index contributed by atoms with van der Waals surface area (Å²) in [6.07, 6.45) is 1.58. The van der Waals surface area contributed by atoms with Crippen molar-refractivity contribution in [1.29, 1.82) is 5.26 Å². The lowest BCUT2D eigenvalue weighted by Crippen LogP contribution is -2.37. The fourth-order valence-electron chi connectivity index (χ4n) is 3.49. The number of nitrogens with two attached hydrogens (primary N) is 1. The van der Waals surface area contributed by atoms with Gasteiger partial charge in [0.25, 0.3) is 0 Å². The molecule has 2 aromatic carbocycles. The highest BCUT2D eigenvalue weighted by Crippen LogP contribution is 2.36. The summed E-state index contributed by atoms with van der Waals surface area (Å²) in [5.74, 6) is -1.12. The third kappa shape index (κ3) is 5.88. The molecule has 4 aromatic rings. The largest absolute Gasteiger partial charge is 0.453 e. The van der Waals surface area contributed by atoms with Gasteiger partial charge in [-0.05, 0) is 57.7 Å². The van der Waals surface area contributed by atoms with E-state index in [-0.39, 0.29) is 41.2 Å². The molecule has 12 heteroatoms. The second-order valence-electron chi connectivity index (χ2n) is 8.49. The van der Waals surface area contributed by atoms with Gasteiger partial charge in [0.15, 0.2) is 23.9 Å². The smallest absolute Gasteiger partial charge is 0.324 e. The molecule has 0 aliphatic rings. The zero-order valence-corrected chi connectivity index (χ0v) is 22.1. The molecule has 2 heterocycles. The van der Waals surface area contributed by atoms with E-state index in [9.17, 15) is 10.1 Å². The Morgan fingerprint density at radius 1 is 1.30 bits per heavy atom. The Kier molecular flexibility index (Phi) is 8.02. The molecule has 4 rings (SSSR count). The first kappa shape index (κ1) is 26.5. The van der Waals surface area contributed by atoms with Crippen LogP contribution in [0.15, 0.2) is 47.1 Å². The molecule has 2 aromatic heterocycles. The highest BCUT2D eigenvalue weighted by Gasteiger charge is 2.22. The van der Waals surface area contributed by atoms with Crippen molar-refractivity contribution in [2.45, 2.75) is 33.0 Å². The molecule has 0 radical (unpaired) electrons. The summed E-state index contributed by atoms with van der Waals surface area (Å²) >= 11 is 9.37. The van der Waals surface area contributed by atoms with Gasteiger partial charge in [-0.2, -0.15) is 15.5 Å². The van der Waals surface area contributed by atoms with Crippen molar-refractivity contribution >= 4 is 44.5 Å². The Morgan fingerprint density at radius 2 is 2.08 bits per heavy atom. The van der Waals surface area contributed by atoms with Crippen LogP contribution in [-0.2, 0) is 22.7 Å². The number of carbonyl (C=O) groups excluding carboxylic acids is 1. The van der Waals surface area contributed by atoms with Crippen molar-refractivity contribution in [3.63, 3.8) is 0 Å². The monoisotopic (exact) mass is 586 g/mol. The van der Waals surface area contributed by atoms with E-state index in [0.29, 0.717) is 26.8 Å². The topological polar surface area (TPSA) is 129 Å². The van der Waals surface area contributed by atoms with Gasteiger partial charge in [-0.1, -0.05) is 31.5 Å². The minimum Gasteiger partial charge on any atom is -0.453 e. The molecule has 0 saturated carbocycles. The SMILES string of the molecule is CC(C)[C@H](N)C(=O)OCn1nc(Cc2ccc(Br)c(Oc3cc(Cl)cc(C#N)c3)c2F)c2ccnnc21. The van der Waals surface area contributed by atoms with E-state index in [0.717, 1.165) is 0 Å². The van der Waals surface area contributed by atoms with Crippen molar-refractivity contribution in [2.24, 2.45) is 11.7 Å². The van der Waals surface area contributed by atoms with Gasteiger partial charge < -0.3 is 15.2 Å². The van der Waals surface area contributed by atoms with E-state index in [1.165, 1.54) is 29.1 Å². The fraction of sp³-hybridized carbons (Fsp3) is 0.240. The number of nitriles is 1. The van der Waals surface area contributed by atoms with Crippen LogP contribution in [0.2, 0.25) is 5.02 Å². The molecule has 2 N–H and O–H groups in total. The average molecular weight is 588 g/mol. The van der Waals surface area contributed by atoms with Crippen molar-refractivity contribution in [1.82, 2.24) is 20.0 Å². The van der Waals surface area contributed by atoms with Gasteiger partial charge >= 0.3 is 5.97 Å². The normalized spacial score (nSPS) is 11.9. The van der Waals surface area contributed by atoms with Gasteiger partial charge in [0.2, 0.25) is 0 Å². The zero-order valence-electron chi connectivity index (χ0n) is 19.8. The van der Waals surface area contributed by atoms with Crippen molar-refractivity contribution < 1.29 is 18.7 Å². The molecule has 0 unspecified atom stereocenters. The van der Waals surface area contributed by atoms with Gasteiger partial charge in [-0.25, -0.2) is 9.07 Å². The summed E-state index contributed by atoms with van der Waals surface area (Å²) in [6, 6.07) is 10.6. The van der Waals surface area contributed by atoms with Crippen LogP contribution in [0.1, 0.15) is 30.7 Å². The van der Waals surface area contributed by atoms with E-state index in [4.69, 9.17) is 26.8 Å². The number of nitrogens with zero attached hydrogens (tertiary/aromatic N) is 5. The molecular formula is C25H21BrClFN6O3. The van der Waals surface area contributed by atoms with Crippen LogP contribution in [0.5, 0.6) is 11.5 Å². The highest BCUT2D eigenvalue weighted by molar-refractivity contribution is 9.10. The zero-order chi connectivity index (χ0) is 26.7. The quantitative estimate of drug-likeness (QED) is 0.281. The number of fused-ring (bicyclic) bond motifs is 1. The lowest BCUT2D eigenvalue weighted by molar-refractivity contribution is -0.150. The fourth-order valence-corrected chi connectivity index (χ4v) is 4.10. The summed E-state index contributed by atoms with van der Waals surface area (Å²) in [5.41, 5.74) is 7.30. The maximum atomic E-state index is 15.6. The molecule has 1 atom stereocenters. The van der Waals surface area contributed by atoms with Crippen LogP contribution >= 0.6 is 27.5 Å². The standard InChI is InChI=1S/C25H21BrClFN6O3/c1-13(2)22(30)25(35)36-12-34-24-18(5-6-31-32-24)20(33-34)9-15-3-4-19(26)23(21(15)28)37-17-8-14(11-29)7-16(27)10-17/h3-8,10,13,22H,9,12,30H2,1-2H3/t22-/m0/s1. The van der Waals surface area contributed by atoms with Gasteiger partial charge in [-0.15, -0.1) is 5.10 Å². The number of ether oxygens (including phenoxy) is 2. The first-order chi connectivity index (χ1) is 17.7. The molecule has 37 heavy (non-hydrogen) atoms. The van der Waals surface area contributed by atoms with E-state index in [1.54, 1.807) is 18.2 Å². The van der Waals surface area contributed by atoms with E-state index < -0.39 is 17.8 Å². The summed E-state index contributed by atoms with van der Waals surface area (Å²) in [6.45, 7) is 3.42. The van der Waals surface area contributed by atoms with Crippen LogP contribution < -0.4 is 10.5 Å². The third-order valence-corrected chi connectivity index (χ3v) is 6.37. The molecule has 0 spiro atoms. The number of carbonyl (C=O) groups is 1. The maximum absolute atomic E-state index is 15.6. The minimum absolute atomic E-state index is 0.0659. The number of benzene rings is 2. The Hall–Kier alpha value is -3.59. The number of aromatic nitrogens is 4. The third-order valence-electron chi connectivity index (χ3n) is 5.52. The van der Waals surface area contributed by atoms with Gasteiger partial charge in [0, 0.05) is 16.8 Å².